The van der Waals surface area contributed by atoms with E-state index in [0.717, 1.165) is 5.56 Å². The van der Waals surface area contributed by atoms with Crippen molar-refractivity contribution in [1.29, 1.82) is 0 Å². The summed E-state index contributed by atoms with van der Waals surface area (Å²) in [5.41, 5.74) is 1.78. The van der Waals surface area contributed by atoms with Gasteiger partial charge in [0, 0.05) is 19.5 Å². The third-order valence-electron chi connectivity index (χ3n) is 3.69. The molecule has 0 radical (unpaired) electrons. The first-order chi connectivity index (χ1) is 12.1. The van der Waals surface area contributed by atoms with Crippen LogP contribution in [-0.2, 0) is 23.0 Å². The van der Waals surface area contributed by atoms with Crippen LogP contribution < -0.4 is 10.0 Å². The lowest BCUT2D eigenvalue weighted by atomic mass is 10.2. The number of hydrogen-bond acceptors (Lipinski definition) is 6. The average Bonchev–Trinajstić information content (AvgIpc) is 3.03. The van der Waals surface area contributed by atoms with Crippen molar-refractivity contribution in [2.45, 2.75) is 19.9 Å². The van der Waals surface area contributed by atoms with Gasteiger partial charge in [-0.25, -0.2) is 13.1 Å². The predicted octanol–water partition coefficient (Wildman–Crippen LogP) is 1.22. The minimum Gasteiger partial charge on any atom is -0.365 e. The van der Waals surface area contributed by atoms with E-state index in [4.69, 9.17) is 0 Å². The van der Waals surface area contributed by atoms with Gasteiger partial charge < -0.3 is 5.32 Å². The van der Waals surface area contributed by atoms with E-state index >= 15 is 0 Å². The minimum atomic E-state index is -3.21. The molecule has 0 saturated carbocycles. The van der Waals surface area contributed by atoms with Gasteiger partial charge in [0.05, 0.1) is 5.75 Å². The van der Waals surface area contributed by atoms with Gasteiger partial charge in [-0.1, -0.05) is 30.3 Å². The SMILES string of the molecule is CCS(=O)(=O)NCCc1nnc2ccc(NCc3ccccc3)nn12. The molecule has 9 heteroatoms. The van der Waals surface area contributed by atoms with Crippen LogP contribution in [0.2, 0.25) is 0 Å². The summed E-state index contributed by atoms with van der Waals surface area (Å²) in [5, 5.41) is 15.9. The van der Waals surface area contributed by atoms with Crippen molar-refractivity contribution in [2.24, 2.45) is 0 Å². The van der Waals surface area contributed by atoms with Gasteiger partial charge in [-0.3, -0.25) is 0 Å². The van der Waals surface area contributed by atoms with Crippen molar-refractivity contribution in [3.05, 3.63) is 53.9 Å². The molecule has 0 aliphatic rings. The Balaban J connectivity index is 1.69. The lowest BCUT2D eigenvalue weighted by molar-refractivity contribution is 0.581. The van der Waals surface area contributed by atoms with Gasteiger partial charge in [0.25, 0.3) is 0 Å². The second kappa shape index (κ2) is 7.58. The molecule has 0 amide bonds. The molecule has 1 aromatic carbocycles. The van der Waals surface area contributed by atoms with E-state index in [1.54, 1.807) is 11.4 Å². The van der Waals surface area contributed by atoms with Gasteiger partial charge in [0.1, 0.15) is 5.82 Å². The van der Waals surface area contributed by atoms with Crippen molar-refractivity contribution in [3.8, 4) is 0 Å². The summed E-state index contributed by atoms with van der Waals surface area (Å²) >= 11 is 0. The largest absolute Gasteiger partial charge is 0.365 e. The molecule has 0 aliphatic heterocycles. The van der Waals surface area contributed by atoms with Crippen LogP contribution in [0.5, 0.6) is 0 Å². The fourth-order valence-electron chi connectivity index (χ4n) is 2.29. The molecular formula is C16H20N6O2S. The number of aromatic nitrogens is 4. The molecule has 0 spiro atoms. The van der Waals surface area contributed by atoms with E-state index in [0.29, 0.717) is 30.3 Å². The fourth-order valence-corrected chi connectivity index (χ4v) is 2.91. The number of rotatable bonds is 8. The average molecular weight is 360 g/mol. The fraction of sp³-hybridized carbons (Fsp3) is 0.312. The Morgan fingerprint density at radius 3 is 2.64 bits per heavy atom. The first-order valence-electron chi connectivity index (χ1n) is 8.04. The first-order valence-corrected chi connectivity index (χ1v) is 9.69. The monoisotopic (exact) mass is 360 g/mol. The van der Waals surface area contributed by atoms with E-state index in [1.165, 1.54) is 0 Å². The van der Waals surface area contributed by atoms with Crippen LogP contribution in [0.25, 0.3) is 5.65 Å². The quantitative estimate of drug-likeness (QED) is 0.626. The number of hydrogen-bond donors (Lipinski definition) is 2. The van der Waals surface area contributed by atoms with Crippen molar-refractivity contribution < 1.29 is 8.42 Å². The molecule has 0 bridgehead atoms. The molecule has 2 N–H and O–H groups in total. The number of nitrogens with one attached hydrogen (secondary N) is 2. The number of sulfonamides is 1. The van der Waals surface area contributed by atoms with Crippen LogP contribution in [0.15, 0.2) is 42.5 Å². The van der Waals surface area contributed by atoms with Crippen LogP contribution in [0.3, 0.4) is 0 Å². The van der Waals surface area contributed by atoms with Gasteiger partial charge in [-0.2, -0.15) is 4.52 Å². The zero-order valence-corrected chi connectivity index (χ0v) is 14.7. The molecule has 25 heavy (non-hydrogen) atoms. The zero-order chi connectivity index (χ0) is 17.7. The second-order valence-electron chi connectivity index (χ2n) is 5.49. The van der Waals surface area contributed by atoms with E-state index in [1.807, 2.05) is 42.5 Å². The Hall–Kier alpha value is -2.52. The first kappa shape index (κ1) is 17.3. The number of fused-ring (bicyclic) bond motifs is 1. The Morgan fingerprint density at radius 2 is 1.88 bits per heavy atom. The summed E-state index contributed by atoms with van der Waals surface area (Å²) < 4.78 is 27.1. The molecular weight excluding hydrogens is 340 g/mol. The van der Waals surface area contributed by atoms with E-state index in [9.17, 15) is 8.42 Å². The molecule has 0 unspecified atom stereocenters. The molecule has 2 heterocycles. The van der Waals surface area contributed by atoms with Crippen LogP contribution in [0, 0.1) is 0 Å². The molecule has 0 fully saturated rings. The second-order valence-corrected chi connectivity index (χ2v) is 7.59. The molecule has 2 aromatic heterocycles. The van der Waals surface area contributed by atoms with Gasteiger partial charge >= 0.3 is 0 Å². The highest BCUT2D eigenvalue weighted by atomic mass is 32.2. The molecule has 0 atom stereocenters. The Kier molecular flexibility index (Phi) is 5.25. The van der Waals surface area contributed by atoms with E-state index in [2.05, 4.69) is 25.3 Å². The van der Waals surface area contributed by atoms with Crippen LogP contribution in [0.4, 0.5) is 5.82 Å². The highest BCUT2D eigenvalue weighted by Gasteiger charge is 2.10. The standard InChI is InChI=1S/C16H20N6O2S/c1-2-25(23,24)18-11-10-16-20-19-15-9-8-14(21-22(15)16)17-12-13-6-4-3-5-7-13/h3-9,18H,2,10-12H2,1H3,(H,17,21). The summed E-state index contributed by atoms with van der Waals surface area (Å²) in [4.78, 5) is 0. The van der Waals surface area contributed by atoms with Gasteiger partial charge in [-0.05, 0) is 24.6 Å². The van der Waals surface area contributed by atoms with Crippen molar-refractivity contribution in [2.75, 3.05) is 17.6 Å². The summed E-state index contributed by atoms with van der Waals surface area (Å²) in [6.45, 7) is 2.52. The number of anilines is 1. The maximum Gasteiger partial charge on any atom is 0.211 e. The van der Waals surface area contributed by atoms with E-state index < -0.39 is 10.0 Å². The molecule has 3 aromatic rings. The van der Waals surface area contributed by atoms with Gasteiger partial charge in [-0.15, -0.1) is 15.3 Å². The molecule has 0 aliphatic carbocycles. The summed E-state index contributed by atoms with van der Waals surface area (Å²) in [6, 6.07) is 13.7. The molecule has 8 nitrogen and oxygen atoms in total. The third-order valence-corrected chi connectivity index (χ3v) is 5.10. The highest BCUT2D eigenvalue weighted by molar-refractivity contribution is 7.89. The maximum atomic E-state index is 11.5. The molecule has 0 saturated heterocycles. The van der Waals surface area contributed by atoms with Crippen LogP contribution in [0.1, 0.15) is 18.3 Å². The molecule has 132 valence electrons. The zero-order valence-electron chi connectivity index (χ0n) is 13.9. The van der Waals surface area contributed by atoms with Gasteiger partial charge in [0.15, 0.2) is 11.5 Å². The van der Waals surface area contributed by atoms with Crippen molar-refractivity contribution in [1.82, 2.24) is 24.5 Å². The Morgan fingerprint density at radius 1 is 1.08 bits per heavy atom. The minimum absolute atomic E-state index is 0.0549. The summed E-state index contributed by atoms with van der Waals surface area (Å²) in [5.74, 6) is 1.36. The maximum absolute atomic E-state index is 11.5. The summed E-state index contributed by atoms with van der Waals surface area (Å²) in [6.07, 6.45) is 0.412. The van der Waals surface area contributed by atoms with Crippen LogP contribution >= 0.6 is 0 Å². The lowest BCUT2D eigenvalue weighted by Gasteiger charge is -2.07. The Bertz CT molecular complexity index is 940. The van der Waals surface area contributed by atoms with Crippen molar-refractivity contribution in [3.63, 3.8) is 0 Å². The number of benzene rings is 1. The highest BCUT2D eigenvalue weighted by Crippen LogP contribution is 2.09. The Labute approximate surface area is 146 Å². The van der Waals surface area contributed by atoms with Crippen molar-refractivity contribution >= 4 is 21.5 Å². The molecule has 3 rings (SSSR count). The third kappa shape index (κ3) is 4.52. The number of nitrogens with zero attached hydrogens (tertiary/aromatic N) is 4. The topological polar surface area (TPSA) is 101 Å². The lowest BCUT2D eigenvalue weighted by Crippen LogP contribution is -2.27. The normalized spacial score (nSPS) is 11.7. The van der Waals surface area contributed by atoms with Gasteiger partial charge in [0.2, 0.25) is 10.0 Å². The van der Waals surface area contributed by atoms with E-state index in [-0.39, 0.29) is 12.3 Å². The summed E-state index contributed by atoms with van der Waals surface area (Å²) in [7, 11) is -3.21. The smallest absolute Gasteiger partial charge is 0.211 e. The van der Waals surface area contributed by atoms with Crippen LogP contribution in [-0.4, -0.2) is 40.5 Å². The predicted molar refractivity (Wildman–Crippen MR) is 95.7 cm³/mol.